The van der Waals surface area contributed by atoms with E-state index in [1.807, 2.05) is 12.1 Å². The van der Waals surface area contributed by atoms with Gasteiger partial charge in [0.2, 0.25) is 0 Å². The van der Waals surface area contributed by atoms with E-state index in [1.165, 1.54) is 17.7 Å². The Bertz CT molecular complexity index is 656. The van der Waals surface area contributed by atoms with Crippen LogP contribution in [-0.2, 0) is 17.7 Å². The maximum absolute atomic E-state index is 12.9. The Balaban J connectivity index is 0.00000192. The molecule has 2 aromatic rings. The van der Waals surface area contributed by atoms with Crippen LogP contribution < -0.4 is 0 Å². The van der Waals surface area contributed by atoms with Gasteiger partial charge in [-0.1, -0.05) is 29.4 Å². The summed E-state index contributed by atoms with van der Waals surface area (Å²) in [6, 6.07) is 13.7. The quantitative estimate of drug-likeness (QED) is 0.886. The van der Waals surface area contributed by atoms with Gasteiger partial charge in [0.05, 0.1) is 5.71 Å². The number of aryl methyl sites for hydroxylation is 1. The van der Waals surface area contributed by atoms with E-state index in [9.17, 15) is 9.50 Å². The third kappa shape index (κ3) is 4.96. The van der Waals surface area contributed by atoms with Crippen LogP contribution in [0.1, 0.15) is 24.0 Å². The van der Waals surface area contributed by atoms with Crippen LogP contribution in [0.3, 0.4) is 0 Å². The molecule has 0 aliphatic carbocycles. The van der Waals surface area contributed by atoms with Crippen molar-refractivity contribution in [2.45, 2.75) is 31.8 Å². The number of rotatable bonds is 5. The average molecular weight is 336 g/mol. The summed E-state index contributed by atoms with van der Waals surface area (Å²) in [5.74, 6) is 0.0616. The minimum atomic E-state index is -0.220. The lowest BCUT2D eigenvalue weighted by Gasteiger charge is -2.08. The van der Waals surface area contributed by atoms with Crippen LogP contribution >= 0.6 is 12.4 Å². The number of benzene rings is 2. The van der Waals surface area contributed by atoms with Crippen molar-refractivity contribution >= 4 is 18.1 Å². The van der Waals surface area contributed by atoms with Crippen molar-refractivity contribution in [1.82, 2.24) is 0 Å². The zero-order chi connectivity index (χ0) is 15.4. The average Bonchev–Trinajstić information content (AvgIpc) is 2.97. The van der Waals surface area contributed by atoms with E-state index in [-0.39, 0.29) is 30.1 Å². The predicted molar refractivity (Wildman–Crippen MR) is 90.7 cm³/mol. The molecular weight excluding hydrogens is 317 g/mol. The third-order valence-electron chi connectivity index (χ3n) is 3.81. The summed E-state index contributed by atoms with van der Waals surface area (Å²) in [7, 11) is 0. The van der Waals surface area contributed by atoms with E-state index in [4.69, 9.17) is 4.84 Å². The fraction of sp³-hybridized carbons (Fsp3) is 0.278. The SMILES string of the molecule is Cl.Oc1ccc(CCC2=NOC(Cc3ccc(F)cc3)C2)cc1. The van der Waals surface area contributed by atoms with Gasteiger partial charge in [-0.25, -0.2) is 4.39 Å². The minimum Gasteiger partial charge on any atom is -0.508 e. The Hall–Kier alpha value is -2.07. The second-order valence-corrected chi connectivity index (χ2v) is 5.59. The predicted octanol–water partition coefficient (Wildman–Crippen LogP) is 4.27. The first-order chi connectivity index (χ1) is 10.7. The van der Waals surface area contributed by atoms with Crippen molar-refractivity contribution in [2.24, 2.45) is 5.16 Å². The van der Waals surface area contributed by atoms with Crippen molar-refractivity contribution in [3.05, 3.63) is 65.5 Å². The lowest BCUT2D eigenvalue weighted by atomic mass is 10.0. The van der Waals surface area contributed by atoms with E-state index in [2.05, 4.69) is 5.16 Å². The summed E-state index contributed by atoms with van der Waals surface area (Å²) >= 11 is 0. The molecule has 1 heterocycles. The molecule has 1 aliphatic heterocycles. The molecule has 0 radical (unpaired) electrons. The zero-order valence-corrected chi connectivity index (χ0v) is 13.4. The van der Waals surface area contributed by atoms with Crippen molar-refractivity contribution in [2.75, 3.05) is 0 Å². The van der Waals surface area contributed by atoms with Gasteiger partial charge in [0.15, 0.2) is 0 Å². The Kier molecular flexibility index (Phi) is 5.99. The van der Waals surface area contributed by atoms with Gasteiger partial charge in [-0.05, 0) is 48.2 Å². The van der Waals surface area contributed by atoms with Crippen LogP contribution in [0.25, 0.3) is 0 Å². The summed E-state index contributed by atoms with van der Waals surface area (Å²) in [5.41, 5.74) is 3.28. The zero-order valence-electron chi connectivity index (χ0n) is 12.6. The largest absolute Gasteiger partial charge is 0.508 e. The van der Waals surface area contributed by atoms with Gasteiger partial charge in [-0.2, -0.15) is 0 Å². The van der Waals surface area contributed by atoms with Gasteiger partial charge in [0, 0.05) is 12.8 Å². The number of phenols is 1. The molecule has 3 nitrogen and oxygen atoms in total. The van der Waals surface area contributed by atoms with Gasteiger partial charge < -0.3 is 9.94 Å². The van der Waals surface area contributed by atoms with Crippen molar-refractivity contribution in [3.63, 3.8) is 0 Å². The van der Waals surface area contributed by atoms with E-state index in [0.29, 0.717) is 0 Å². The molecule has 0 fully saturated rings. The monoisotopic (exact) mass is 335 g/mol. The van der Waals surface area contributed by atoms with Gasteiger partial charge in [-0.15, -0.1) is 12.4 Å². The molecule has 1 unspecified atom stereocenters. The summed E-state index contributed by atoms with van der Waals surface area (Å²) < 4.78 is 12.9. The summed E-state index contributed by atoms with van der Waals surface area (Å²) in [6.07, 6.45) is 3.33. The van der Waals surface area contributed by atoms with Crippen molar-refractivity contribution in [1.29, 1.82) is 0 Å². The fourth-order valence-corrected chi connectivity index (χ4v) is 2.58. The Morgan fingerprint density at radius 2 is 1.65 bits per heavy atom. The van der Waals surface area contributed by atoms with E-state index < -0.39 is 0 Å². The lowest BCUT2D eigenvalue weighted by molar-refractivity contribution is 0.0859. The van der Waals surface area contributed by atoms with Gasteiger partial charge in [0.25, 0.3) is 0 Å². The second kappa shape index (κ2) is 7.97. The number of nitrogens with zero attached hydrogens (tertiary/aromatic N) is 1. The molecule has 122 valence electrons. The third-order valence-corrected chi connectivity index (χ3v) is 3.81. The molecule has 0 saturated carbocycles. The minimum absolute atomic E-state index is 0. The van der Waals surface area contributed by atoms with Crippen LogP contribution in [0.15, 0.2) is 53.7 Å². The molecule has 0 saturated heterocycles. The van der Waals surface area contributed by atoms with Crippen LogP contribution in [-0.4, -0.2) is 16.9 Å². The van der Waals surface area contributed by atoms with E-state index in [0.717, 1.165) is 37.0 Å². The summed E-state index contributed by atoms with van der Waals surface area (Å²) in [4.78, 5) is 5.46. The normalized spacial score (nSPS) is 16.4. The maximum atomic E-state index is 12.9. The molecule has 1 atom stereocenters. The molecule has 3 rings (SSSR count). The number of halogens is 2. The topological polar surface area (TPSA) is 41.8 Å². The Morgan fingerprint density at radius 1 is 1.00 bits per heavy atom. The number of hydrogen-bond donors (Lipinski definition) is 1. The first-order valence-electron chi connectivity index (χ1n) is 7.43. The van der Waals surface area contributed by atoms with Crippen LogP contribution in [0.2, 0.25) is 0 Å². The highest BCUT2D eigenvalue weighted by Gasteiger charge is 2.21. The lowest BCUT2D eigenvalue weighted by Crippen LogP contribution is -2.11. The molecule has 5 heteroatoms. The molecule has 0 aromatic heterocycles. The number of hydrogen-bond acceptors (Lipinski definition) is 3. The molecule has 0 bridgehead atoms. The number of aromatic hydroxyl groups is 1. The van der Waals surface area contributed by atoms with Crippen molar-refractivity contribution < 1.29 is 14.3 Å². The van der Waals surface area contributed by atoms with Gasteiger partial charge in [-0.3, -0.25) is 0 Å². The van der Waals surface area contributed by atoms with Crippen LogP contribution in [0.5, 0.6) is 5.75 Å². The molecule has 1 aliphatic rings. The van der Waals surface area contributed by atoms with Crippen LogP contribution in [0, 0.1) is 5.82 Å². The summed E-state index contributed by atoms with van der Waals surface area (Å²) in [5, 5.41) is 13.4. The molecular formula is C18H19ClFNO2. The molecule has 1 N–H and O–H groups in total. The maximum Gasteiger partial charge on any atom is 0.136 e. The van der Waals surface area contributed by atoms with E-state index in [1.54, 1.807) is 24.3 Å². The first-order valence-corrected chi connectivity index (χ1v) is 7.43. The highest BCUT2D eigenvalue weighted by Crippen LogP contribution is 2.19. The first kappa shape index (κ1) is 17.3. The fourth-order valence-electron chi connectivity index (χ4n) is 2.58. The van der Waals surface area contributed by atoms with Crippen molar-refractivity contribution in [3.8, 4) is 5.75 Å². The van der Waals surface area contributed by atoms with E-state index >= 15 is 0 Å². The summed E-state index contributed by atoms with van der Waals surface area (Å²) in [6.45, 7) is 0. The highest BCUT2D eigenvalue weighted by atomic mass is 35.5. The standard InChI is InChI=1S/C18H18FNO2.ClH/c19-15-6-1-14(2-7-15)11-18-12-16(20-22-18)8-3-13-4-9-17(21)10-5-13;/h1-2,4-7,9-10,18,21H,3,8,11-12H2;1H. The van der Waals surface area contributed by atoms with Gasteiger partial charge in [0.1, 0.15) is 17.7 Å². The molecule has 0 spiro atoms. The highest BCUT2D eigenvalue weighted by molar-refractivity contribution is 5.85. The molecule has 2 aromatic carbocycles. The Morgan fingerprint density at radius 3 is 2.35 bits per heavy atom. The number of phenolic OH excluding ortho intramolecular Hbond substituents is 1. The Labute approximate surface area is 141 Å². The number of oxime groups is 1. The smallest absolute Gasteiger partial charge is 0.136 e. The van der Waals surface area contributed by atoms with Crippen LogP contribution in [0.4, 0.5) is 4.39 Å². The second-order valence-electron chi connectivity index (χ2n) is 5.59. The molecule has 23 heavy (non-hydrogen) atoms. The molecule has 0 amide bonds. The van der Waals surface area contributed by atoms with Gasteiger partial charge >= 0.3 is 0 Å².